The van der Waals surface area contributed by atoms with Crippen LogP contribution in [-0.4, -0.2) is 11.7 Å². The van der Waals surface area contributed by atoms with E-state index in [1.54, 1.807) is 0 Å². The molecule has 1 aromatic rings. The number of rotatable bonds is 2. The van der Waals surface area contributed by atoms with Gasteiger partial charge in [-0.05, 0) is 26.7 Å². The predicted molar refractivity (Wildman–Crippen MR) is 45.9 cm³/mol. The molecule has 0 atom stereocenters. The molecule has 3 nitrogen and oxygen atoms in total. The van der Waals surface area contributed by atoms with Crippen LogP contribution >= 0.6 is 0 Å². The van der Waals surface area contributed by atoms with Crippen LogP contribution in [0.2, 0.25) is 0 Å². The van der Waals surface area contributed by atoms with E-state index in [4.69, 9.17) is 10.3 Å². The third kappa shape index (κ3) is 0.894. The molecule has 1 aromatic heterocycles. The van der Waals surface area contributed by atoms with E-state index < -0.39 is 0 Å². The van der Waals surface area contributed by atoms with Crippen LogP contribution in [0.3, 0.4) is 0 Å². The monoisotopic (exact) mass is 166 g/mol. The molecule has 1 fully saturated rings. The Balaban J connectivity index is 2.45. The average molecular weight is 166 g/mol. The Morgan fingerprint density at radius 1 is 1.50 bits per heavy atom. The van der Waals surface area contributed by atoms with Gasteiger partial charge in [-0.15, -0.1) is 0 Å². The van der Waals surface area contributed by atoms with Gasteiger partial charge in [0.25, 0.3) is 0 Å². The minimum absolute atomic E-state index is 0.216. The molecule has 0 aliphatic heterocycles. The van der Waals surface area contributed by atoms with Crippen molar-refractivity contribution in [3.63, 3.8) is 0 Å². The van der Waals surface area contributed by atoms with Crippen molar-refractivity contribution in [1.29, 1.82) is 0 Å². The molecule has 0 spiro atoms. The summed E-state index contributed by atoms with van der Waals surface area (Å²) in [4.78, 5) is 0. The molecule has 0 unspecified atom stereocenters. The molecule has 3 heteroatoms. The molecule has 12 heavy (non-hydrogen) atoms. The Hall–Kier alpha value is -0.830. The van der Waals surface area contributed by atoms with Crippen LogP contribution in [0.1, 0.15) is 29.9 Å². The molecule has 0 amide bonds. The van der Waals surface area contributed by atoms with E-state index in [0.29, 0.717) is 0 Å². The summed E-state index contributed by atoms with van der Waals surface area (Å²) >= 11 is 0. The van der Waals surface area contributed by atoms with Gasteiger partial charge in [0.2, 0.25) is 0 Å². The van der Waals surface area contributed by atoms with Crippen LogP contribution in [0.25, 0.3) is 0 Å². The molecular formula is C9H14N2O. The second-order valence-electron chi connectivity index (χ2n) is 3.68. The smallest absolute Gasteiger partial charge is 0.137 e. The zero-order valence-corrected chi connectivity index (χ0v) is 7.55. The molecule has 0 bridgehead atoms. The van der Waals surface area contributed by atoms with Gasteiger partial charge in [-0.3, -0.25) is 0 Å². The van der Waals surface area contributed by atoms with E-state index in [-0.39, 0.29) is 5.41 Å². The highest BCUT2D eigenvalue weighted by Crippen LogP contribution is 2.49. The van der Waals surface area contributed by atoms with Gasteiger partial charge in [0, 0.05) is 17.5 Å². The molecule has 1 saturated carbocycles. The number of aromatic nitrogens is 1. The van der Waals surface area contributed by atoms with E-state index in [1.165, 1.54) is 18.4 Å². The summed E-state index contributed by atoms with van der Waals surface area (Å²) < 4.78 is 5.12. The van der Waals surface area contributed by atoms with Crippen molar-refractivity contribution in [1.82, 2.24) is 5.16 Å². The van der Waals surface area contributed by atoms with Crippen LogP contribution in [0, 0.1) is 13.8 Å². The number of nitrogens with two attached hydrogens (primary N) is 1. The fourth-order valence-electron chi connectivity index (χ4n) is 1.95. The van der Waals surface area contributed by atoms with Crippen molar-refractivity contribution in [2.75, 3.05) is 6.54 Å². The molecule has 0 radical (unpaired) electrons. The SMILES string of the molecule is Cc1noc(C)c1C1(CN)CC1. The van der Waals surface area contributed by atoms with Gasteiger partial charge >= 0.3 is 0 Å². The lowest BCUT2D eigenvalue weighted by Gasteiger charge is -2.10. The van der Waals surface area contributed by atoms with Crippen molar-refractivity contribution in [3.05, 3.63) is 17.0 Å². The second kappa shape index (κ2) is 2.33. The minimum Gasteiger partial charge on any atom is -0.361 e. The van der Waals surface area contributed by atoms with Crippen LogP contribution in [-0.2, 0) is 5.41 Å². The molecule has 2 rings (SSSR count). The van der Waals surface area contributed by atoms with E-state index in [2.05, 4.69) is 5.16 Å². The maximum Gasteiger partial charge on any atom is 0.137 e. The van der Waals surface area contributed by atoms with Gasteiger partial charge in [-0.1, -0.05) is 5.16 Å². The molecule has 0 aromatic carbocycles. The highest BCUT2D eigenvalue weighted by Gasteiger charge is 2.46. The van der Waals surface area contributed by atoms with Gasteiger partial charge < -0.3 is 10.3 Å². The van der Waals surface area contributed by atoms with Gasteiger partial charge in [0.05, 0.1) is 5.69 Å². The molecular weight excluding hydrogens is 152 g/mol. The lowest BCUT2D eigenvalue weighted by atomic mass is 9.95. The summed E-state index contributed by atoms with van der Waals surface area (Å²) in [6.45, 7) is 4.67. The van der Waals surface area contributed by atoms with E-state index in [0.717, 1.165) is 18.0 Å². The fourth-order valence-corrected chi connectivity index (χ4v) is 1.95. The summed E-state index contributed by atoms with van der Waals surface area (Å²) in [6.07, 6.45) is 2.37. The molecule has 66 valence electrons. The van der Waals surface area contributed by atoms with Gasteiger partial charge in [0.1, 0.15) is 5.76 Å². The summed E-state index contributed by atoms with van der Waals surface area (Å²) in [7, 11) is 0. The number of hydrogen-bond acceptors (Lipinski definition) is 3. The lowest BCUT2D eigenvalue weighted by Crippen LogP contribution is -2.20. The zero-order valence-electron chi connectivity index (χ0n) is 7.55. The average Bonchev–Trinajstić information content (AvgIpc) is 2.77. The first-order valence-corrected chi connectivity index (χ1v) is 4.33. The summed E-state index contributed by atoms with van der Waals surface area (Å²) in [5.41, 5.74) is 8.21. The first kappa shape index (κ1) is 7.80. The van der Waals surface area contributed by atoms with E-state index in [1.807, 2.05) is 13.8 Å². The first-order chi connectivity index (χ1) is 5.69. The lowest BCUT2D eigenvalue weighted by molar-refractivity contribution is 0.391. The van der Waals surface area contributed by atoms with Crippen molar-refractivity contribution < 1.29 is 4.52 Å². The van der Waals surface area contributed by atoms with Crippen molar-refractivity contribution in [2.45, 2.75) is 32.1 Å². The van der Waals surface area contributed by atoms with Crippen LogP contribution in [0.5, 0.6) is 0 Å². The van der Waals surface area contributed by atoms with Crippen molar-refractivity contribution >= 4 is 0 Å². The Bertz CT molecular complexity index is 280. The highest BCUT2D eigenvalue weighted by molar-refractivity contribution is 5.36. The largest absolute Gasteiger partial charge is 0.361 e. The Kier molecular flexibility index (Phi) is 1.51. The number of nitrogens with zero attached hydrogens (tertiary/aromatic N) is 1. The Morgan fingerprint density at radius 2 is 2.17 bits per heavy atom. The van der Waals surface area contributed by atoms with Gasteiger partial charge in [-0.25, -0.2) is 0 Å². The number of hydrogen-bond donors (Lipinski definition) is 1. The quantitative estimate of drug-likeness (QED) is 0.720. The fraction of sp³-hybridized carbons (Fsp3) is 0.667. The molecule has 1 heterocycles. The van der Waals surface area contributed by atoms with Gasteiger partial charge in [0.15, 0.2) is 0 Å². The Morgan fingerprint density at radius 3 is 2.50 bits per heavy atom. The Labute approximate surface area is 71.9 Å². The van der Waals surface area contributed by atoms with Crippen LogP contribution in [0.4, 0.5) is 0 Å². The maximum atomic E-state index is 5.73. The molecule has 1 aliphatic carbocycles. The number of aryl methyl sites for hydroxylation is 2. The van der Waals surface area contributed by atoms with Crippen molar-refractivity contribution in [3.8, 4) is 0 Å². The van der Waals surface area contributed by atoms with Crippen molar-refractivity contribution in [2.24, 2.45) is 5.73 Å². The molecule has 0 saturated heterocycles. The third-order valence-corrected chi connectivity index (χ3v) is 2.81. The molecule has 2 N–H and O–H groups in total. The first-order valence-electron chi connectivity index (χ1n) is 4.33. The molecule has 1 aliphatic rings. The topological polar surface area (TPSA) is 52.0 Å². The predicted octanol–water partition coefficient (Wildman–Crippen LogP) is 1.28. The summed E-state index contributed by atoms with van der Waals surface area (Å²) in [6, 6.07) is 0. The minimum atomic E-state index is 0.216. The van der Waals surface area contributed by atoms with E-state index in [9.17, 15) is 0 Å². The van der Waals surface area contributed by atoms with Gasteiger partial charge in [-0.2, -0.15) is 0 Å². The normalized spacial score (nSPS) is 19.6. The summed E-state index contributed by atoms with van der Waals surface area (Å²) in [5.74, 6) is 0.940. The highest BCUT2D eigenvalue weighted by atomic mass is 16.5. The van der Waals surface area contributed by atoms with Crippen LogP contribution in [0.15, 0.2) is 4.52 Å². The zero-order chi connectivity index (χ0) is 8.77. The maximum absolute atomic E-state index is 5.73. The van der Waals surface area contributed by atoms with E-state index >= 15 is 0 Å². The second-order valence-corrected chi connectivity index (χ2v) is 3.68. The standard InChI is InChI=1S/C9H14N2O/c1-6-8(7(2)12-11-6)9(5-10)3-4-9/h3-5,10H2,1-2H3. The summed E-state index contributed by atoms with van der Waals surface area (Å²) in [5, 5.41) is 3.94. The third-order valence-electron chi connectivity index (χ3n) is 2.81. The van der Waals surface area contributed by atoms with Crippen LogP contribution < -0.4 is 5.73 Å².